The Bertz CT molecular complexity index is 1630. The molecule has 1 unspecified atom stereocenters. The van der Waals surface area contributed by atoms with E-state index in [1.165, 1.54) is 24.0 Å². The maximum Gasteiger partial charge on any atom is 0.249 e. The Morgan fingerprint density at radius 2 is 1.70 bits per heavy atom. The summed E-state index contributed by atoms with van der Waals surface area (Å²) < 4.78 is 47.3. The lowest BCUT2D eigenvalue weighted by atomic mass is 9.90. The highest BCUT2D eigenvalue weighted by atomic mass is 19.1. The highest BCUT2D eigenvalue weighted by Gasteiger charge is 2.52. The van der Waals surface area contributed by atoms with E-state index in [-0.39, 0.29) is 43.3 Å². The Morgan fingerprint density at radius 1 is 0.980 bits per heavy atom. The third-order valence-electron chi connectivity index (χ3n) is 9.48. The largest absolute Gasteiger partial charge is 0.497 e. The van der Waals surface area contributed by atoms with Gasteiger partial charge in [-0.15, -0.1) is 0 Å². The molecular formula is C38H45F3N4O5. The molecule has 1 aliphatic heterocycles. The summed E-state index contributed by atoms with van der Waals surface area (Å²) in [6.07, 6.45) is 1.97. The number of hydrogen-bond donors (Lipinski definition) is 4. The maximum atomic E-state index is 14.3. The standard InChI is InChI=1S/C38H45F3N4O5/c1-24(46)44-38(21-26-6-7-26)14-15-45(37(38)49)34(13-10-25-8-11-29(39)12-9-25)36(48)43-33(19-28-16-30(40)20-31(41)17-28)35(47)23-42-22-27-4-3-5-32(18-27)50-2/h3-5,8-9,11-12,16-18,20,26,33-35,42,47H,6-7,10,13-15,19,21-23H2,1-2H3,(H,43,48)(H,44,46)/t33-,34+,35?,38+/m0/s1. The van der Waals surface area contributed by atoms with Crippen molar-refractivity contribution in [2.45, 2.75) is 82.1 Å². The number of methoxy groups -OCH3 is 1. The van der Waals surface area contributed by atoms with Crippen LogP contribution >= 0.6 is 0 Å². The quantitative estimate of drug-likeness (QED) is 0.168. The van der Waals surface area contributed by atoms with Crippen LogP contribution in [0, 0.1) is 23.4 Å². The van der Waals surface area contributed by atoms with Gasteiger partial charge >= 0.3 is 0 Å². The molecule has 0 bridgehead atoms. The lowest BCUT2D eigenvalue weighted by molar-refractivity contribution is -0.143. The molecular weight excluding hydrogens is 649 g/mol. The number of carbonyl (C=O) groups is 3. The van der Waals surface area contributed by atoms with Crippen molar-refractivity contribution in [3.63, 3.8) is 0 Å². The van der Waals surface area contributed by atoms with E-state index in [2.05, 4.69) is 16.0 Å². The first-order valence-electron chi connectivity index (χ1n) is 17.1. The van der Waals surface area contributed by atoms with Crippen LogP contribution in [0.2, 0.25) is 0 Å². The van der Waals surface area contributed by atoms with Gasteiger partial charge in [0, 0.05) is 32.6 Å². The monoisotopic (exact) mass is 694 g/mol. The number of aliphatic hydroxyl groups is 1. The molecule has 50 heavy (non-hydrogen) atoms. The van der Waals surface area contributed by atoms with Crippen LogP contribution in [0.15, 0.2) is 66.7 Å². The highest BCUT2D eigenvalue weighted by molar-refractivity contribution is 5.96. The first-order chi connectivity index (χ1) is 23.9. The molecule has 3 aromatic rings. The summed E-state index contributed by atoms with van der Waals surface area (Å²) >= 11 is 0. The summed E-state index contributed by atoms with van der Waals surface area (Å²) in [7, 11) is 1.56. The van der Waals surface area contributed by atoms with Crippen LogP contribution in [-0.4, -0.2) is 71.7 Å². The Hall–Kier alpha value is -4.42. The van der Waals surface area contributed by atoms with Crippen molar-refractivity contribution in [1.82, 2.24) is 20.9 Å². The Balaban J connectivity index is 1.38. The minimum absolute atomic E-state index is 0.0237. The first kappa shape index (κ1) is 36.9. The molecule has 2 fully saturated rings. The molecule has 12 heteroatoms. The number of likely N-dealkylation sites (tertiary alicyclic amines) is 1. The minimum atomic E-state index is -1.20. The number of rotatable bonds is 17. The normalized spacial score (nSPS) is 19.2. The fraction of sp³-hybridized carbons (Fsp3) is 0.447. The summed E-state index contributed by atoms with van der Waals surface area (Å²) in [4.78, 5) is 42.2. The number of nitrogens with one attached hydrogen (secondary N) is 3. The second kappa shape index (κ2) is 16.5. The van der Waals surface area contributed by atoms with E-state index < -0.39 is 47.1 Å². The second-order valence-electron chi connectivity index (χ2n) is 13.5. The predicted octanol–water partition coefficient (Wildman–Crippen LogP) is 4.20. The zero-order chi connectivity index (χ0) is 35.8. The molecule has 0 radical (unpaired) electrons. The minimum Gasteiger partial charge on any atom is -0.497 e. The summed E-state index contributed by atoms with van der Waals surface area (Å²) in [5, 5.41) is 20.4. The SMILES string of the molecule is COc1cccc(CNCC(O)[C@H](Cc2cc(F)cc(F)c2)NC(=O)[C@@H](CCc2ccc(F)cc2)N2CC[C@](CC3CC3)(NC(C)=O)C2=O)c1. The average molecular weight is 695 g/mol. The van der Waals surface area contributed by atoms with E-state index in [1.54, 1.807) is 19.2 Å². The number of aliphatic hydroxyl groups excluding tert-OH is 1. The topological polar surface area (TPSA) is 120 Å². The van der Waals surface area contributed by atoms with Crippen molar-refractivity contribution in [3.05, 3.63) is 101 Å². The maximum absolute atomic E-state index is 14.3. The predicted molar refractivity (Wildman–Crippen MR) is 181 cm³/mol. The Labute approximate surface area is 290 Å². The number of nitrogens with zero attached hydrogens (tertiary/aromatic N) is 1. The number of carbonyl (C=O) groups excluding carboxylic acids is 3. The van der Waals surface area contributed by atoms with Crippen LogP contribution < -0.4 is 20.7 Å². The number of amides is 3. The molecule has 2 aliphatic rings. The number of ether oxygens (including phenoxy) is 1. The smallest absolute Gasteiger partial charge is 0.249 e. The highest BCUT2D eigenvalue weighted by Crippen LogP contribution is 2.41. The van der Waals surface area contributed by atoms with Gasteiger partial charge < -0.3 is 30.7 Å². The molecule has 0 spiro atoms. The van der Waals surface area contributed by atoms with Gasteiger partial charge in [0.15, 0.2) is 0 Å². The molecule has 9 nitrogen and oxygen atoms in total. The number of hydrogen-bond acceptors (Lipinski definition) is 6. The van der Waals surface area contributed by atoms with Gasteiger partial charge in [-0.1, -0.05) is 37.1 Å². The molecule has 4 atom stereocenters. The van der Waals surface area contributed by atoms with Gasteiger partial charge in [-0.3, -0.25) is 14.4 Å². The van der Waals surface area contributed by atoms with E-state index in [0.29, 0.717) is 37.5 Å². The molecule has 4 N–H and O–H groups in total. The summed E-state index contributed by atoms with van der Waals surface area (Å²) in [6.45, 7) is 1.98. The van der Waals surface area contributed by atoms with Crippen molar-refractivity contribution in [2.75, 3.05) is 20.2 Å². The zero-order valence-electron chi connectivity index (χ0n) is 28.4. The molecule has 3 aromatic carbocycles. The number of benzene rings is 3. The Morgan fingerprint density at radius 3 is 2.36 bits per heavy atom. The van der Waals surface area contributed by atoms with Gasteiger partial charge in [-0.05, 0) is 91.1 Å². The lowest BCUT2D eigenvalue weighted by Crippen LogP contribution is -2.59. The molecule has 1 aliphatic carbocycles. The van der Waals surface area contributed by atoms with Crippen LogP contribution in [0.4, 0.5) is 13.2 Å². The van der Waals surface area contributed by atoms with Crippen LogP contribution in [0.5, 0.6) is 5.75 Å². The molecule has 3 amide bonds. The van der Waals surface area contributed by atoms with Gasteiger partial charge in [-0.2, -0.15) is 0 Å². The van der Waals surface area contributed by atoms with E-state index in [1.807, 2.05) is 24.3 Å². The summed E-state index contributed by atoms with van der Waals surface area (Å²) in [5.41, 5.74) is 0.764. The van der Waals surface area contributed by atoms with Gasteiger partial charge in [0.2, 0.25) is 17.7 Å². The summed E-state index contributed by atoms with van der Waals surface area (Å²) in [6, 6.07) is 14.3. The van der Waals surface area contributed by atoms with Gasteiger partial charge in [0.05, 0.1) is 19.3 Å². The van der Waals surface area contributed by atoms with Crippen molar-refractivity contribution < 1.29 is 37.4 Å². The summed E-state index contributed by atoms with van der Waals surface area (Å²) in [5.74, 6) is -2.23. The van der Waals surface area contributed by atoms with Crippen LogP contribution in [0.3, 0.4) is 0 Å². The molecule has 0 aromatic heterocycles. The van der Waals surface area contributed by atoms with Crippen molar-refractivity contribution >= 4 is 17.7 Å². The fourth-order valence-corrected chi connectivity index (χ4v) is 6.82. The third-order valence-corrected chi connectivity index (χ3v) is 9.48. The van der Waals surface area contributed by atoms with Crippen LogP contribution in [0.1, 0.15) is 55.7 Å². The van der Waals surface area contributed by atoms with E-state index in [9.17, 15) is 32.7 Å². The van der Waals surface area contributed by atoms with Crippen molar-refractivity contribution in [2.24, 2.45) is 5.92 Å². The lowest BCUT2D eigenvalue weighted by Gasteiger charge is -2.33. The molecule has 1 saturated carbocycles. The van der Waals surface area contributed by atoms with Crippen LogP contribution in [0.25, 0.3) is 0 Å². The zero-order valence-corrected chi connectivity index (χ0v) is 28.4. The van der Waals surface area contributed by atoms with Crippen molar-refractivity contribution in [1.29, 1.82) is 0 Å². The fourth-order valence-electron chi connectivity index (χ4n) is 6.82. The molecule has 1 heterocycles. The number of aryl methyl sites for hydroxylation is 1. The molecule has 5 rings (SSSR count). The average Bonchev–Trinajstić information content (AvgIpc) is 3.83. The van der Waals surface area contributed by atoms with E-state index in [4.69, 9.17) is 4.74 Å². The first-order valence-corrected chi connectivity index (χ1v) is 17.1. The van der Waals surface area contributed by atoms with Crippen molar-refractivity contribution in [3.8, 4) is 5.75 Å². The number of halogens is 3. The van der Waals surface area contributed by atoms with Crippen LogP contribution in [-0.2, 0) is 33.8 Å². The van der Waals surface area contributed by atoms with E-state index >= 15 is 0 Å². The second-order valence-corrected chi connectivity index (χ2v) is 13.5. The molecule has 268 valence electrons. The third kappa shape index (κ3) is 9.85. The molecule has 1 saturated heterocycles. The van der Waals surface area contributed by atoms with Gasteiger partial charge in [0.25, 0.3) is 0 Å². The van der Waals surface area contributed by atoms with E-state index in [0.717, 1.165) is 42.2 Å². The Kier molecular flexibility index (Phi) is 12.2. The van der Waals surface area contributed by atoms with Gasteiger partial charge in [0.1, 0.15) is 34.8 Å². The van der Waals surface area contributed by atoms with Gasteiger partial charge in [-0.25, -0.2) is 13.2 Å².